The Morgan fingerprint density at radius 2 is 1.57 bits per heavy atom. The molecule has 0 aromatic heterocycles. The van der Waals surface area contributed by atoms with Gasteiger partial charge in [-0.3, -0.25) is 14.4 Å². The molecule has 0 spiro atoms. The summed E-state index contributed by atoms with van der Waals surface area (Å²) in [6.07, 6.45) is 0.702. The summed E-state index contributed by atoms with van der Waals surface area (Å²) in [5.74, 6) is -0.516. The van der Waals surface area contributed by atoms with Crippen LogP contribution >= 0.6 is 0 Å². The number of nitrogens with zero attached hydrogens (tertiary/aromatic N) is 1. The third kappa shape index (κ3) is 9.16. The van der Waals surface area contributed by atoms with Crippen molar-refractivity contribution in [2.75, 3.05) is 38.6 Å². The summed E-state index contributed by atoms with van der Waals surface area (Å²) in [6.45, 7) is 4.99. The molecule has 2 aromatic rings. The highest BCUT2D eigenvalue weighted by atomic mass is 16.5. The smallest absolute Gasteiger partial charge is 0.246 e. The van der Waals surface area contributed by atoms with Crippen molar-refractivity contribution < 1.29 is 19.1 Å². The first-order valence-corrected chi connectivity index (χ1v) is 12.4. The van der Waals surface area contributed by atoms with E-state index in [1.165, 1.54) is 4.90 Å². The molecule has 0 heterocycles. The lowest BCUT2D eigenvalue weighted by Gasteiger charge is -2.24. The summed E-state index contributed by atoms with van der Waals surface area (Å²) in [7, 11) is 1.60. The van der Waals surface area contributed by atoms with Gasteiger partial charge in [-0.1, -0.05) is 30.3 Å². The molecule has 0 radical (unpaired) electrons. The van der Waals surface area contributed by atoms with Gasteiger partial charge in [0.05, 0.1) is 19.6 Å². The fourth-order valence-corrected chi connectivity index (χ4v) is 4.16. The van der Waals surface area contributed by atoms with Gasteiger partial charge in [0, 0.05) is 31.9 Å². The number of rotatable bonds is 14. The number of hydrogen-bond donors (Lipinski definition) is 5. The average Bonchev–Trinajstić information content (AvgIpc) is 2.86. The van der Waals surface area contributed by atoms with E-state index in [9.17, 15) is 14.4 Å². The molecule has 202 valence electrons. The van der Waals surface area contributed by atoms with E-state index in [2.05, 4.69) is 10.6 Å². The van der Waals surface area contributed by atoms with Crippen LogP contribution in [0.25, 0.3) is 0 Å². The Balaban J connectivity index is 2.14. The molecule has 0 bridgehead atoms. The molecule has 2 aromatic carbocycles. The fourth-order valence-electron chi connectivity index (χ4n) is 4.16. The number of aryl methyl sites for hydroxylation is 3. The topological polar surface area (TPSA) is 166 Å². The zero-order valence-corrected chi connectivity index (χ0v) is 22.0. The van der Waals surface area contributed by atoms with Gasteiger partial charge in [-0.05, 0) is 55.5 Å². The van der Waals surface area contributed by atoms with Crippen LogP contribution in [0, 0.1) is 13.8 Å². The molecule has 2 atom stereocenters. The first-order chi connectivity index (χ1) is 17.7. The van der Waals surface area contributed by atoms with Crippen molar-refractivity contribution >= 4 is 23.4 Å². The highest BCUT2D eigenvalue weighted by Crippen LogP contribution is 2.27. The minimum atomic E-state index is -1.12. The number of methoxy groups -OCH3 is 1. The molecule has 3 amide bonds. The molecule has 2 rings (SSSR count). The van der Waals surface area contributed by atoms with Crippen LogP contribution in [0.15, 0.2) is 42.5 Å². The van der Waals surface area contributed by atoms with Crippen molar-refractivity contribution in [2.45, 2.75) is 45.2 Å². The maximum atomic E-state index is 13.3. The Morgan fingerprint density at radius 3 is 2.11 bits per heavy atom. The first-order valence-electron chi connectivity index (χ1n) is 12.4. The van der Waals surface area contributed by atoms with Gasteiger partial charge in [-0.25, -0.2) is 0 Å². The maximum absolute atomic E-state index is 13.3. The van der Waals surface area contributed by atoms with Gasteiger partial charge in [0.2, 0.25) is 17.7 Å². The van der Waals surface area contributed by atoms with Gasteiger partial charge in [0.15, 0.2) is 0 Å². The molecule has 8 N–H and O–H groups in total. The lowest BCUT2D eigenvalue weighted by atomic mass is 10.0. The molecule has 0 fully saturated rings. The van der Waals surface area contributed by atoms with Crippen LogP contribution in [0.4, 0.5) is 5.69 Å². The highest BCUT2D eigenvalue weighted by molar-refractivity contribution is 5.98. The zero-order valence-electron chi connectivity index (χ0n) is 22.0. The zero-order chi connectivity index (χ0) is 27.4. The molecule has 0 saturated heterocycles. The van der Waals surface area contributed by atoms with Gasteiger partial charge in [0.1, 0.15) is 11.8 Å². The maximum Gasteiger partial charge on any atom is 0.246 e. The lowest BCUT2D eigenvalue weighted by Crippen LogP contribution is -2.52. The largest absolute Gasteiger partial charge is 0.496 e. The number of ether oxygens (including phenoxy) is 1. The van der Waals surface area contributed by atoms with Crippen LogP contribution in [0.1, 0.15) is 29.5 Å². The second kappa shape index (κ2) is 14.9. The number of nitrogens with two attached hydrogens (primary N) is 3. The van der Waals surface area contributed by atoms with Crippen LogP contribution in [-0.4, -0.2) is 68.0 Å². The van der Waals surface area contributed by atoms with Crippen molar-refractivity contribution in [3.63, 3.8) is 0 Å². The van der Waals surface area contributed by atoms with Crippen molar-refractivity contribution in [1.82, 2.24) is 10.2 Å². The van der Waals surface area contributed by atoms with Crippen LogP contribution < -0.4 is 32.6 Å². The number of hydrogen-bond acceptors (Lipinski definition) is 7. The van der Waals surface area contributed by atoms with Gasteiger partial charge in [0.25, 0.3) is 0 Å². The lowest BCUT2D eigenvalue weighted by molar-refractivity contribution is -0.134. The normalized spacial score (nSPS) is 12.4. The number of carbonyl (C=O) groups is 3. The van der Waals surface area contributed by atoms with E-state index in [4.69, 9.17) is 21.9 Å². The minimum absolute atomic E-state index is 0.213. The Labute approximate surface area is 218 Å². The monoisotopic (exact) mass is 512 g/mol. The van der Waals surface area contributed by atoms with Crippen LogP contribution in [0.2, 0.25) is 0 Å². The first kappa shape index (κ1) is 29.8. The molecule has 0 aliphatic heterocycles. The van der Waals surface area contributed by atoms with Gasteiger partial charge in [-0.15, -0.1) is 0 Å². The van der Waals surface area contributed by atoms with Crippen molar-refractivity contribution in [1.29, 1.82) is 0 Å². The molecule has 10 nitrogen and oxygen atoms in total. The summed E-state index contributed by atoms with van der Waals surface area (Å²) in [6, 6.07) is 11.3. The third-order valence-electron chi connectivity index (χ3n) is 6.01. The SMILES string of the molecule is COc1c(C)cc(NC(=O)[C@H](CCc2ccccc2)NC(=O)[C@@H](N)CC(=O)N(CCN)CCN)cc1C. The molecule has 10 heteroatoms. The van der Waals surface area contributed by atoms with E-state index in [1.54, 1.807) is 7.11 Å². The number of anilines is 1. The Hall–Kier alpha value is -3.47. The molecular weight excluding hydrogens is 472 g/mol. The van der Waals surface area contributed by atoms with E-state index in [0.717, 1.165) is 22.4 Å². The second-order valence-electron chi connectivity index (χ2n) is 8.99. The van der Waals surface area contributed by atoms with E-state index in [1.807, 2.05) is 56.3 Å². The number of nitrogens with one attached hydrogen (secondary N) is 2. The van der Waals surface area contributed by atoms with Crippen molar-refractivity contribution in [3.8, 4) is 5.75 Å². The predicted molar refractivity (Wildman–Crippen MR) is 145 cm³/mol. The molecule has 0 aliphatic carbocycles. The Bertz CT molecular complexity index is 1020. The van der Waals surface area contributed by atoms with Crippen LogP contribution in [-0.2, 0) is 20.8 Å². The van der Waals surface area contributed by atoms with Crippen LogP contribution in [0.3, 0.4) is 0 Å². The molecule has 0 saturated carbocycles. The van der Waals surface area contributed by atoms with E-state index in [-0.39, 0.29) is 31.3 Å². The summed E-state index contributed by atoms with van der Waals surface area (Å²) in [4.78, 5) is 40.3. The van der Waals surface area contributed by atoms with Crippen molar-refractivity contribution in [2.24, 2.45) is 17.2 Å². The summed E-state index contributed by atoms with van der Waals surface area (Å²) in [5, 5.41) is 5.64. The molecular formula is C27H40N6O4. The Kier molecular flexibility index (Phi) is 12.0. The van der Waals surface area contributed by atoms with Gasteiger partial charge in [-0.2, -0.15) is 0 Å². The van der Waals surface area contributed by atoms with E-state index < -0.39 is 18.0 Å². The van der Waals surface area contributed by atoms with Crippen LogP contribution in [0.5, 0.6) is 5.75 Å². The summed E-state index contributed by atoms with van der Waals surface area (Å²) < 4.78 is 5.40. The van der Waals surface area contributed by atoms with E-state index in [0.29, 0.717) is 31.6 Å². The number of carbonyl (C=O) groups excluding carboxylic acids is 3. The summed E-state index contributed by atoms with van der Waals surface area (Å²) in [5.41, 5.74) is 20.6. The average molecular weight is 513 g/mol. The van der Waals surface area contributed by atoms with E-state index >= 15 is 0 Å². The molecule has 0 aliphatic rings. The number of amides is 3. The highest BCUT2D eigenvalue weighted by Gasteiger charge is 2.26. The molecule has 37 heavy (non-hydrogen) atoms. The fraction of sp³-hybridized carbons (Fsp3) is 0.444. The Morgan fingerprint density at radius 1 is 0.973 bits per heavy atom. The second-order valence-corrected chi connectivity index (χ2v) is 8.99. The van der Waals surface area contributed by atoms with Gasteiger partial charge < -0.3 is 37.5 Å². The predicted octanol–water partition coefficient (Wildman–Crippen LogP) is 0.832. The van der Waals surface area contributed by atoms with Gasteiger partial charge >= 0.3 is 0 Å². The minimum Gasteiger partial charge on any atom is -0.496 e. The summed E-state index contributed by atoms with van der Waals surface area (Å²) >= 11 is 0. The standard InChI is InChI=1S/C27H40N6O4/c1-18-15-21(16-19(2)25(18)37-3)31-27(36)23(10-9-20-7-5-4-6-8-20)32-26(35)22(30)17-24(34)33(13-11-28)14-12-29/h4-8,15-16,22-23H,9-14,17,28-30H2,1-3H3,(H,31,36)(H,32,35)/t22-,23-/m0/s1. The number of benzene rings is 2. The van der Waals surface area contributed by atoms with Crippen molar-refractivity contribution in [3.05, 3.63) is 59.2 Å². The quantitative estimate of drug-likeness (QED) is 0.250. The molecule has 0 unspecified atom stereocenters. The third-order valence-corrected chi connectivity index (χ3v) is 6.01.